The van der Waals surface area contributed by atoms with Crippen LogP contribution in [0.15, 0.2) is 42.5 Å². The lowest BCUT2D eigenvalue weighted by Gasteiger charge is -2.36. The first-order valence-corrected chi connectivity index (χ1v) is 7.85. The molecule has 0 N–H and O–H groups in total. The molecule has 3 rings (SSSR count). The van der Waals surface area contributed by atoms with Gasteiger partial charge in [0.15, 0.2) is 9.84 Å². The van der Waals surface area contributed by atoms with Crippen LogP contribution in [0.25, 0.3) is 0 Å². The molecule has 1 aromatic rings. The van der Waals surface area contributed by atoms with Crippen molar-refractivity contribution in [2.45, 2.75) is 18.3 Å². The largest absolute Gasteiger partial charge is 0.229 e. The molecule has 1 aliphatic heterocycles. The molecule has 0 aromatic heterocycles. The van der Waals surface area contributed by atoms with Gasteiger partial charge in [-0.2, -0.15) is 0 Å². The molecular weight excluding hydrogens is 232 g/mol. The van der Waals surface area contributed by atoms with E-state index in [4.69, 9.17) is 0 Å². The second kappa shape index (κ2) is 3.70. The molecule has 2 nitrogen and oxygen atoms in total. The van der Waals surface area contributed by atoms with E-state index in [9.17, 15) is 8.42 Å². The van der Waals surface area contributed by atoms with E-state index in [-0.39, 0.29) is 11.3 Å². The summed E-state index contributed by atoms with van der Waals surface area (Å²) >= 11 is 0. The maximum atomic E-state index is 11.9. The number of fused-ring (bicyclic) bond motifs is 1. The van der Waals surface area contributed by atoms with E-state index in [1.54, 1.807) is 0 Å². The Bertz CT molecular complexity index is 545. The standard InChI is InChI=1S/C14H16O2S/c15-17(16)10-13-8-4-5-9-14(13,11-17)12-6-2-1-3-7-12/h1-7,13H,8-11H2/t13-,14+/m0/s1. The van der Waals surface area contributed by atoms with Crippen molar-refractivity contribution in [1.82, 2.24) is 0 Å². The molecule has 0 bridgehead atoms. The zero-order valence-corrected chi connectivity index (χ0v) is 10.5. The highest BCUT2D eigenvalue weighted by Gasteiger charge is 2.50. The van der Waals surface area contributed by atoms with Gasteiger partial charge in [0.05, 0.1) is 11.5 Å². The van der Waals surface area contributed by atoms with Crippen LogP contribution >= 0.6 is 0 Å². The van der Waals surface area contributed by atoms with Gasteiger partial charge < -0.3 is 0 Å². The minimum atomic E-state index is -2.88. The summed E-state index contributed by atoms with van der Waals surface area (Å²) in [5.74, 6) is 0.936. The zero-order chi connectivity index (χ0) is 11.9. The first-order valence-electron chi connectivity index (χ1n) is 6.03. The van der Waals surface area contributed by atoms with Gasteiger partial charge in [0, 0.05) is 5.41 Å². The van der Waals surface area contributed by atoms with E-state index in [1.165, 1.54) is 5.56 Å². The molecule has 1 aliphatic carbocycles. The Balaban J connectivity index is 2.12. The van der Waals surface area contributed by atoms with Crippen molar-refractivity contribution >= 4 is 9.84 Å². The summed E-state index contributed by atoms with van der Waals surface area (Å²) < 4.78 is 23.9. The smallest absolute Gasteiger partial charge is 0.151 e. The number of rotatable bonds is 1. The molecular formula is C14H16O2S. The molecule has 3 heteroatoms. The van der Waals surface area contributed by atoms with E-state index in [0.29, 0.717) is 11.5 Å². The zero-order valence-electron chi connectivity index (χ0n) is 9.67. The number of sulfone groups is 1. The van der Waals surface area contributed by atoms with Crippen molar-refractivity contribution in [3.05, 3.63) is 48.0 Å². The number of hydrogen-bond donors (Lipinski definition) is 0. The lowest BCUT2D eigenvalue weighted by atomic mass is 9.67. The topological polar surface area (TPSA) is 34.1 Å². The molecule has 0 amide bonds. The Morgan fingerprint density at radius 3 is 2.65 bits per heavy atom. The summed E-state index contributed by atoms with van der Waals surface area (Å²) in [5.41, 5.74) is 1.03. The third kappa shape index (κ3) is 1.73. The lowest BCUT2D eigenvalue weighted by Crippen LogP contribution is -2.35. The molecule has 0 spiro atoms. The van der Waals surface area contributed by atoms with Crippen LogP contribution in [0.2, 0.25) is 0 Å². The first-order chi connectivity index (χ1) is 8.12. The molecule has 2 aliphatic rings. The van der Waals surface area contributed by atoms with Gasteiger partial charge >= 0.3 is 0 Å². The van der Waals surface area contributed by atoms with Crippen LogP contribution < -0.4 is 0 Å². The van der Waals surface area contributed by atoms with Gasteiger partial charge in [-0.25, -0.2) is 8.42 Å². The molecule has 0 radical (unpaired) electrons. The van der Waals surface area contributed by atoms with Gasteiger partial charge in [0.25, 0.3) is 0 Å². The lowest BCUT2D eigenvalue weighted by molar-refractivity contribution is 0.334. The molecule has 1 fully saturated rings. The third-order valence-corrected chi connectivity index (χ3v) is 6.00. The molecule has 1 saturated heterocycles. The quantitative estimate of drug-likeness (QED) is 0.715. The van der Waals surface area contributed by atoms with Crippen LogP contribution in [0, 0.1) is 5.92 Å². The van der Waals surface area contributed by atoms with Crippen LogP contribution in [0.5, 0.6) is 0 Å². The van der Waals surface area contributed by atoms with Gasteiger partial charge in [-0.15, -0.1) is 0 Å². The van der Waals surface area contributed by atoms with Gasteiger partial charge in [-0.05, 0) is 24.3 Å². The van der Waals surface area contributed by atoms with Gasteiger partial charge in [0.2, 0.25) is 0 Å². The van der Waals surface area contributed by atoms with Crippen molar-refractivity contribution in [3.8, 4) is 0 Å². The van der Waals surface area contributed by atoms with Gasteiger partial charge in [0.1, 0.15) is 0 Å². The number of benzene rings is 1. The SMILES string of the molecule is O=S1(=O)C[C@@H]2CC=CC[C@]2(c2ccccc2)C1. The molecule has 0 saturated carbocycles. The van der Waals surface area contributed by atoms with Gasteiger partial charge in [-0.3, -0.25) is 0 Å². The Hall–Kier alpha value is -1.09. The highest BCUT2D eigenvalue weighted by molar-refractivity contribution is 7.91. The maximum absolute atomic E-state index is 11.9. The molecule has 17 heavy (non-hydrogen) atoms. The van der Waals surface area contributed by atoms with Crippen LogP contribution in [-0.4, -0.2) is 19.9 Å². The van der Waals surface area contributed by atoms with Crippen LogP contribution in [-0.2, 0) is 15.3 Å². The fourth-order valence-corrected chi connectivity index (χ4v) is 5.81. The van der Waals surface area contributed by atoms with Crippen molar-refractivity contribution < 1.29 is 8.42 Å². The second-order valence-electron chi connectivity index (χ2n) is 5.18. The average molecular weight is 248 g/mol. The number of hydrogen-bond acceptors (Lipinski definition) is 2. The number of allylic oxidation sites excluding steroid dienone is 2. The average Bonchev–Trinajstić information content (AvgIpc) is 2.61. The molecule has 1 heterocycles. The predicted octanol–water partition coefficient (Wildman–Crippen LogP) is 2.32. The summed E-state index contributed by atoms with van der Waals surface area (Å²) in [6.07, 6.45) is 6.03. The minimum absolute atomic E-state index is 0.158. The van der Waals surface area contributed by atoms with E-state index in [1.807, 2.05) is 18.2 Å². The summed E-state index contributed by atoms with van der Waals surface area (Å²) in [4.78, 5) is 0. The minimum Gasteiger partial charge on any atom is -0.229 e. The van der Waals surface area contributed by atoms with E-state index in [2.05, 4.69) is 24.3 Å². The third-order valence-electron chi connectivity index (χ3n) is 4.13. The molecule has 90 valence electrons. The summed E-state index contributed by atoms with van der Waals surface area (Å²) in [6.45, 7) is 0. The van der Waals surface area contributed by atoms with Crippen LogP contribution in [0.1, 0.15) is 18.4 Å². The van der Waals surface area contributed by atoms with Crippen LogP contribution in [0.4, 0.5) is 0 Å². The summed E-state index contributed by atoms with van der Waals surface area (Å²) in [5, 5.41) is 0. The molecule has 2 atom stereocenters. The fraction of sp³-hybridized carbons (Fsp3) is 0.429. The molecule has 0 unspecified atom stereocenters. The first kappa shape index (κ1) is 11.0. The predicted molar refractivity (Wildman–Crippen MR) is 68.6 cm³/mol. The monoisotopic (exact) mass is 248 g/mol. The van der Waals surface area contributed by atoms with Crippen LogP contribution in [0.3, 0.4) is 0 Å². The molecule has 1 aromatic carbocycles. The Morgan fingerprint density at radius 2 is 1.88 bits per heavy atom. The Kier molecular flexibility index (Phi) is 2.40. The fourth-order valence-electron chi connectivity index (χ4n) is 3.32. The second-order valence-corrected chi connectivity index (χ2v) is 7.29. The highest BCUT2D eigenvalue weighted by Crippen LogP contribution is 2.47. The Morgan fingerprint density at radius 1 is 1.12 bits per heavy atom. The highest BCUT2D eigenvalue weighted by atomic mass is 32.2. The van der Waals surface area contributed by atoms with Crippen molar-refractivity contribution in [1.29, 1.82) is 0 Å². The van der Waals surface area contributed by atoms with Crippen molar-refractivity contribution in [2.24, 2.45) is 5.92 Å². The van der Waals surface area contributed by atoms with Crippen molar-refractivity contribution in [3.63, 3.8) is 0 Å². The van der Waals surface area contributed by atoms with E-state index in [0.717, 1.165) is 12.8 Å². The van der Waals surface area contributed by atoms with Gasteiger partial charge in [-0.1, -0.05) is 42.5 Å². The van der Waals surface area contributed by atoms with E-state index >= 15 is 0 Å². The maximum Gasteiger partial charge on any atom is 0.151 e. The normalized spacial score (nSPS) is 34.5. The van der Waals surface area contributed by atoms with E-state index < -0.39 is 9.84 Å². The van der Waals surface area contributed by atoms with Crippen molar-refractivity contribution in [2.75, 3.05) is 11.5 Å². The Labute approximate surface area is 102 Å². The summed E-state index contributed by atoms with van der Waals surface area (Å²) in [6, 6.07) is 10.1. The summed E-state index contributed by atoms with van der Waals surface area (Å²) in [7, 11) is -2.88.